The summed E-state index contributed by atoms with van der Waals surface area (Å²) < 4.78 is 13.5. The van der Waals surface area contributed by atoms with Gasteiger partial charge in [-0.3, -0.25) is 14.5 Å². The highest BCUT2D eigenvalue weighted by Gasteiger charge is 2.44. The number of halogens is 1. The van der Waals surface area contributed by atoms with Crippen LogP contribution in [0.25, 0.3) is 0 Å². The zero-order chi connectivity index (χ0) is 22.9. The van der Waals surface area contributed by atoms with Gasteiger partial charge in [-0.15, -0.1) is 0 Å². The molecule has 0 N–H and O–H groups in total. The summed E-state index contributed by atoms with van der Waals surface area (Å²) >= 11 is 0. The minimum absolute atomic E-state index is 0. The van der Waals surface area contributed by atoms with Gasteiger partial charge in [0.25, 0.3) is 5.91 Å². The molecular formula is C26H26FN5O2. The highest BCUT2D eigenvalue weighted by atomic mass is 19.1. The fraction of sp³-hybridized carbons (Fsp3) is 0.308. The summed E-state index contributed by atoms with van der Waals surface area (Å²) in [4.78, 5) is 40.5. The van der Waals surface area contributed by atoms with E-state index in [-0.39, 0.29) is 31.3 Å². The number of carbonyl (C=O) groups excluding carboxylic acids is 2. The summed E-state index contributed by atoms with van der Waals surface area (Å²) in [7, 11) is 1.76. The van der Waals surface area contributed by atoms with E-state index in [1.807, 2.05) is 31.2 Å². The molecule has 7 nitrogen and oxygen atoms in total. The van der Waals surface area contributed by atoms with Gasteiger partial charge in [-0.05, 0) is 55.2 Å². The number of aromatic nitrogens is 2. The Kier molecular flexibility index (Phi) is 5.11. The maximum atomic E-state index is 13.5. The second-order valence-corrected chi connectivity index (χ2v) is 8.80. The second kappa shape index (κ2) is 7.90. The fourth-order valence-electron chi connectivity index (χ4n) is 4.99. The lowest BCUT2D eigenvalue weighted by molar-refractivity contribution is -0.119. The van der Waals surface area contributed by atoms with Crippen molar-refractivity contribution in [3.05, 3.63) is 77.4 Å². The smallest absolute Gasteiger partial charge is 0.260 e. The van der Waals surface area contributed by atoms with Gasteiger partial charge >= 0.3 is 0 Å². The maximum absolute atomic E-state index is 13.5. The van der Waals surface area contributed by atoms with Gasteiger partial charge in [0, 0.05) is 24.8 Å². The summed E-state index contributed by atoms with van der Waals surface area (Å²) in [5.74, 6) is 0.494. The molecule has 4 heterocycles. The Morgan fingerprint density at radius 1 is 1.03 bits per heavy atom. The highest BCUT2D eigenvalue weighted by molar-refractivity contribution is 6.12. The first-order chi connectivity index (χ1) is 16.0. The molecular weight excluding hydrogens is 433 g/mol. The molecule has 1 fully saturated rings. The van der Waals surface area contributed by atoms with Gasteiger partial charge in [-0.25, -0.2) is 9.97 Å². The molecule has 174 valence electrons. The molecule has 0 radical (unpaired) electrons. The minimum atomic E-state index is -0.573. The number of benzene rings is 1. The number of carbonyl (C=O) groups is 2. The van der Waals surface area contributed by atoms with Crippen molar-refractivity contribution in [2.75, 3.05) is 21.7 Å². The van der Waals surface area contributed by atoms with Crippen LogP contribution in [-0.4, -0.2) is 40.9 Å². The summed E-state index contributed by atoms with van der Waals surface area (Å²) in [6.07, 6.45) is 3.50. The zero-order valence-corrected chi connectivity index (χ0v) is 18.3. The van der Waals surface area contributed by atoms with Gasteiger partial charge in [-0.1, -0.05) is 31.7 Å². The Balaban J connectivity index is 0.00000241. The van der Waals surface area contributed by atoms with Crippen molar-refractivity contribution >= 4 is 29.1 Å². The average Bonchev–Trinajstić information content (AvgIpc) is 3.62. The van der Waals surface area contributed by atoms with Crippen molar-refractivity contribution in [2.45, 2.75) is 45.3 Å². The SMILES string of the molecule is C.CC1C(=O)N(C)c2ccc(N3C(=O)c4ccccc4C3c3ccc(F)nc3)nc2N1C1CC1. The molecule has 0 spiro atoms. The standard InChI is InChI=1S/C25H22FN5O2.CH4/c1-14-24(32)29(2)19-10-12-21(28-23(19)30(14)16-8-9-16)31-22(15-7-11-20(26)27-13-15)17-5-3-4-6-18(17)25(31)33;/h3-7,10-14,16,22H,8-9H2,1-2H3;1H4. The first-order valence-electron chi connectivity index (χ1n) is 11.1. The average molecular weight is 460 g/mol. The maximum Gasteiger partial charge on any atom is 0.260 e. The monoisotopic (exact) mass is 459 g/mol. The van der Waals surface area contributed by atoms with E-state index in [4.69, 9.17) is 4.98 Å². The second-order valence-electron chi connectivity index (χ2n) is 8.80. The van der Waals surface area contributed by atoms with Crippen molar-refractivity contribution < 1.29 is 14.0 Å². The molecule has 0 bridgehead atoms. The van der Waals surface area contributed by atoms with Crippen LogP contribution in [0.5, 0.6) is 0 Å². The molecule has 1 aliphatic carbocycles. The van der Waals surface area contributed by atoms with Gasteiger partial charge < -0.3 is 9.80 Å². The number of hydrogen-bond donors (Lipinski definition) is 0. The Labute approximate surface area is 197 Å². The third kappa shape index (κ3) is 3.16. The zero-order valence-electron chi connectivity index (χ0n) is 18.3. The van der Waals surface area contributed by atoms with Crippen LogP contribution in [0.15, 0.2) is 54.7 Å². The number of pyridine rings is 2. The molecule has 6 rings (SSSR count). The highest BCUT2D eigenvalue weighted by Crippen LogP contribution is 2.45. The lowest BCUT2D eigenvalue weighted by atomic mass is 9.99. The summed E-state index contributed by atoms with van der Waals surface area (Å²) in [6, 6.07) is 13.5. The minimum Gasteiger partial charge on any atom is -0.340 e. The van der Waals surface area contributed by atoms with Crippen LogP contribution in [0.2, 0.25) is 0 Å². The Hall–Kier alpha value is -3.81. The van der Waals surface area contributed by atoms with Crippen LogP contribution in [0.4, 0.5) is 21.7 Å². The topological polar surface area (TPSA) is 69.6 Å². The van der Waals surface area contributed by atoms with Gasteiger partial charge in [0.15, 0.2) is 5.82 Å². The molecule has 3 aromatic rings. The van der Waals surface area contributed by atoms with E-state index in [0.717, 1.165) is 24.1 Å². The van der Waals surface area contributed by atoms with Crippen molar-refractivity contribution in [1.29, 1.82) is 0 Å². The third-order valence-corrected chi connectivity index (χ3v) is 6.77. The number of rotatable bonds is 3. The van der Waals surface area contributed by atoms with Crippen molar-refractivity contribution in [2.24, 2.45) is 0 Å². The Morgan fingerprint density at radius 3 is 2.50 bits per heavy atom. The Bertz CT molecular complexity index is 1290. The van der Waals surface area contributed by atoms with Crippen LogP contribution < -0.4 is 14.7 Å². The summed E-state index contributed by atoms with van der Waals surface area (Å²) in [5.41, 5.74) is 2.85. The predicted molar refractivity (Wildman–Crippen MR) is 129 cm³/mol. The quantitative estimate of drug-likeness (QED) is 0.545. The van der Waals surface area contributed by atoms with E-state index in [1.54, 1.807) is 35.0 Å². The first kappa shape index (κ1) is 22.0. The lowest BCUT2D eigenvalue weighted by Gasteiger charge is -2.40. The molecule has 1 saturated carbocycles. The fourth-order valence-corrected chi connectivity index (χ4v) is 4.99. The van der Waals surface area contributed by atoms with Crippen LogP contribution in [0.1, 0.15) is 54.7 Å². The lowest BCUT2D eigenvalue weighted by Crippen LogP contribution is -2.52. The van der Waals surface area contributed by atoms with Crippen molar-refractivity contribution in [1.82, 2.24) is 9.97 Å². The van der Waals surface area contributed by atoms with Crippen LogP contribution >= 0.6 is 0 Å². The van der Waals surface area contributed by atoms with Crippen molar-refractivity contribution in [3.63, 3.8) is 0 Å². The molecule has 2 aromatic heterocycles. The Morgan fingerprint density at radius 2 is 1.79 bits per heavy atom. The van der Waals surface area contributed by atoms with Gasteiger partial charge in [0.2, 0.25) is 11.9 Å². The number of likely N-dealkylation sites (N-methyl/N-ethyl adjacent to an activating group) is 1. The largest absolute Gasteiger partial charge is 0.340 e. The molecule has 1 aromatic carbocycles. The molecule has 2 unspecified atom stereocenters. The molecule has 8 heteroatoms. The number of anilines is 3. The van der Waals surface area contributed by atoms with Crippen LogP contribution in [0, 0.1) is 5.95 Å². The molecule has 2 aliphatic heterocycles. The normalized spacial score (nSPS) is 21.3. The summed E-state index contributed by atoms with van der Waals surface area (Å²) in [6.45, 7) is 1.90. The summed E-state index contributed by atoms with van der Waals surface area (Å²) in [5, 5.41) is 0. The molecule has 34 heavy (non-hydrogen) atoms. The number of amides is 2. The van der Waals surface area contributed by atoms with Gasteiger partial charge in [0.05, 0.1) is 11.7 Å². The predicted octanol–water partition coefficient (Wildman–Crippen LogP) is 4.34. The van der Waals surface area contributed by atoms with E-state index in [1.165, 1.54) is 12.3 Å². The number of fused-ring (bicyclic) bond motifs is 2. The first-order valence-corrected chi connectivity index (χ1v) is 11.1. The van der Waals surface area contributed by atoms with Gasteiger partial charge in [-0.2, -0.15) is 4.39 Å². The van der Waals surface area contributed by atoms with E-state index < -0.39 is 12.0 Å². The van der Waals surface area contributed by atoms with Crippen LogP contribution in [-0.2, 0) is 4.79 Å². The van der Waals surface area contributed by atoms with Crippen molar-refractivity contribution in [3.8, 4) is 0 Å². The third-order valence-electron chi connectivity index (χ3n) is 6.77. The van der Waals surface area contributed by atoms with Gasteiger partial charge in [0.1, 0.15) is 11.9 Å². The van der Waals surface area contributed by atoms with E-state index in [2.05, 4.69) is 9.88 Å². The van der Waals surface area contributed by atoms with E-state index >= 15 is 0 Å². The van der Waals surface area contributed by atoms with Crippen LogP contribution in [0.3, 0.4) is 0 Å². The number of nitrogens with zero attached hydrogens (tertiary/aromatic N) is 5. The molecule has 3 aliphatic rings. The number of hydrogen-bond acceptors (Lipinski definition) is 5. The molecule has 0 saturated heterocycles. The van der Waals surface area contributed by atoms with E-state index in [0.29, 0.717) is 22.8 Å². The molecule has 2 atom stereocenters. The molecule has 2 amide bonds. The van der Waals surface area contributed by atoms with E-state index in [9.17, 15) is 14.0 Å².